The Bertz CT molecular complexity index is 1470. The Morgan fingerprint density at radius 3 is 2.11 bits per heavy atom. The molecule has 4 rings (SSSR count). The summed E-state index contributed by atoms with van der Waals surface area (Å²) in [5.74, 6) is -2.35. The standard InChI is InChI=1S/C25H17Cl2F3N2O4/c1-13(24(35,25(28,29)30)14-2-7-21-22(10-14)32-9-8-31-21)17-5-3-15(11-19(17)26)36-16-4-6-18(23(33)34)20(27)12-16/h2-13,35H,1H3,(H,33,34). The fourth-order valence-corrected chi connectivity index (χ4v) is 4.46. The number of benzene rings is 3. The van der Waals surface area contributed by atoms with E-state index in [9.17, 15) is 23.1 Å². The minimum atomic E-state index is -5.05. The number of aromatic carboxylic acids is 1. The molecule has 0 aliphatic carbocycles. The SMILES string of the molecule is CC(c1ccc(Oc2ccc(C(=O)O)c(Cl)c2)cc1Cl)C(O)(c1ccc2nccnc2c1)C(F)(F)F. The first-order valence-corrected chi connectivity index (χ1v) is 11.2. The molecular weight excluding hydrogens is 520 g/mol. The maximum atomic E-state index is 14.3. The van der Waals surface area contributed by atoms with E-state index in [2.05, 4.69) is 9.97 Å². The average molecular weight is 537 g/mol. The number of aromatic nitrogens is 2. The van der Waals surface area contributed by atoms with Gasteiger partial charge in [-0.25, -0.2) is 4.79 Å². The van der Waals surface area contributed by atoms with Crippen LogP contribution in [-0.4, -0.2) is 32.3 Å². The van der Waals surface area contributed by atoms with Crippen LogP contribution in [0.1, 0.15) is 34.3 Å². The quantitative estimate of drug-likeness (QED) is 0.276. The lowest BCUT2D eigenvalue weighted by Gasteiger charge is -2.37. The number of rotatable bonds is 6. The molecule has 2 atom stereocenters. The molecule has 1 heterocycles. The summed E-state index contributed by atoms with van der Waals surface area (Å²) in [6.45, 7) is 1.22. The third-order valence-corrected chi connectivity index (χ3v) is 6.45. The molecule has 0 bridgehead atoms. The van der Waals surface area contributed by atoms with E-state index in [1.165, 1.54) is 61.8 Å². The maximum Gasteiger partial charge on any atom is 0.422 e. The van der Waals surface area contributed by atoms with E-state index < -0.39 is 29.2 Å². The molecule has 0 radical (unpaired) electrons. The van der Waals surface area contributed by atoms with Crippen LogP contribution >= 0.6 is 23.2 Å². The van der Waals surface area contributed by atoms with Gasteiger partial charge in [0, 0.05) is 29.4 Å². The summed E-state index contributed by atoms with van der Waals surface area (Å²) in [6.07, 6.45) is -2.29. The molecule has 3 aromatic carbocycles. The van der Waals surface area contributed by atoms with Crippen LogP contribution in [0.2, 0.25) is 10.0 Å². The number of alkyl halides is 3. The van der Waals surface area contributed by atoms with Crippen molar-refractivity contribution in [2.75, 3.05) is 0 Å². The average Bonchev–Trinajstić information content (AvgIpc) is 2.82. The highest BCUT2D eigenvalue weighted by atomic mass is 35.5. The molecule has 0 aliphatic heterocycles. The van der Waals surface area contributed by atoms with Crippen LogP contribution in [0.25, 0.3) is 11.0 Å². The summed E-state index contributed by atoms with van der Waals surface area (Å²) in [5.41, 5.74) is -3.19. The van der Waals surface area contributed by atoms with E-state index in [0.29, 0.717) is 5.52 Å². The predicted octanol–water partition coefficient (Wildman–Crippen LogP) is 6.98. The number of fused-ring (bicyclic) bond motifs is 1. The molecule has 6 nitrogen and oxygen atoms in total. The van der Waals surface area contributed by atoms with E-state index in [4.69, 9.17) is 33.0 Å². The van der Waals surface area contributed by atoms with Gasteiger partial charge in [-0.15, -0.1) is 0 Å². The van der Waals surface area contributed by atoms with Crippen LogP contribution < -0.4 is 4.74 Å². The molecule has 0 spiro atoms. The Morgan fingerprint density at radius 1 is 0.917 bits per heavy atom. The lowest BCUT2D eigenvalue weighted by Crippen LogP contribution is -2.46. The zero-order valence-electron chi connectivity index (χ0n) is 18.4. The molecular formula is C25H17Cl2F3N2O4. The first kappa shape index (κ1) is 25.7. The van der Waals surface area contributed by atoms with Gasteiger partial charge in [-0.3, -0.25) is 9.97 Å². The van der Waals surface area contributed by atoms with Crippen LogP contribution in [0.5, 0.6) is 11.5 Å². The third-order valence-electron chi connectivity index (χ3n) is 5.81. The Kier molecular flexibility index (Phi) is 6.83. The van der Waals surface area contributed by atoms with Gasteiger partial charge in [0.1, 0.15) is 11.5 Å². The zero-order valence-corrected chi connectivity index (χ0v) is 19.9. The molecule has 0 aliphatic rings. The maximum absolute atomic E-state index is 14.3. The van der Waals surface area contributed by atoms with Gasteiger partial charge in [0.2, 0.25) is 0 Å². The molecule has 0 amide bonds. The van der Waals surface area contributed by atoms with Crippen LogP contribution in [0.3, 0.4) is 0 Å². The molecule has 0 saturated carbocycles. The molecule has 2 unspecified atom stereocenters. The number of aliphatic hydroxyl groups is 1. The lowest BCUT2D eigenvalue weighted by atomic mass is 9.77. The third kappa shape index (κ3) is 4.69. The van der Waals surface area contributed by atoms with Crippen molar-refractivity contribution in [3.63, 3.8) is 0 Å². The number of hydrogen-bond donors (Lipinski definition) is 2. The fraction of sp³-hybridized carbons (Fsp3) is 0.160. The molecule has 11 heteroatoms. The van der Waals surface area contributed by atoms with Gasteiger partial charge in [0.15, 0.2) is 5.60 Å². The highest BCUT2D eigenvalue weighted by Crippen LogP contribution is 2.50. The van der Waals surface area contributed by atoms with Crippen molar-refractivity contribution in [2.24, 2.45) is 0 Å². The minimum absolute atomic E-state index is 0.0299. The number of carboxylic acids is 1. The molecule has 36 heavy (non-hydrogen) atoms. The van der Waals surface area contributed by atoms with E-state index in [-0.39, 0.29) is 38.2 Å². The van der Waals surface area contributed by atoms with Gasteiger partial charge >= 0.3 is 12.1 Å². The van der Waals surface area contributed by atoms with E-state index in [1.807, 2.05) is 0 Å². The fourth-order valence-electron chi connectivity index (χ4n) is 3.88. The highest BCUT2D eigenvalue weighted by Gasteiger charge is 2.59. The van der Waals surface area contributed by atoms with Crippen LogP contribution in [0.15, 0.2) is 67.0 Å². The Labute approximate surface area is 212 Å². The van der Waals surface area contributed by atoms with Crippen molar-refractivity contribution in [3.8, 4) is 11.5 Å². The summed E-state index contributed by atoms with van der Waals surface area (Å²) in [6, 6.07) is 11.6. The molecule has 0 saturated heterocycles. The van der Waals surface area contributed by atoms with Gasteiger partial charge in [-0.2, -0.15) is 13.2 Å². The van der Waals surface area contributed by atoms with Crippen LogP contribution in [-0.2, 0) is 5.60 Å². The van der Waals surface area contributed by atoms with Crippen LogP contribution in [0.4, 0.5) is 13.2 Å². The molecule has 4 aromatic rings. The van der Waals surface area contributed by atoms with Gasteiger partial charge in [-0.05, 0) is 47.5 Å². The second-order valence-electron chi connectivity index (χ2n) is 7.98. The van der Waals surface area contributed by atoms with Gasteiger partial charge in [-0.1, -0.05) is 42.3 Å². The van der Waals surface area contributed by atoms with Crippen molar-refractivity contribution >= 4 is 40.2 Å². The summed E-state index contributed by atoms with van der Waals surface area (Å²) >= 11 is 12.3. The summed E-state index contributed by atoms with van der Waals surface area (Å²) in [5, 5.41) is 20.1. The van der Waals surface area contributed by atoms with Crippen molar-refractivity contribution in [3.05, 3.63) is 93.7 Å². The number of carbonyl (C=O) groups is 1. The first-order chi connectivity index (χ1) is 16.9. The summed E-state index contributed by atoms with van der Waals surface area (Å²) in [7, 11) is 0. The normalized spacial score (nSPS) is 14.3. The van der Waals surface area contributed by atoms with Crippen LogP contribution in [0, 0.1) is 0 Å². The summed E-state index contributed by atoms with van der Waals surface area (Å²) < 4.78 is 48.7. The zero-order chi connectivity index (χ0) is 26.3. The number of nitrogens with zero attached hydrogens (tertiary/aromatic N) is 2. The second-order valence-corrected chi connectivity index (χ2v) is 8.79. The molecule has 0 fully saturated rings. The van der Waals surface area contributed by atoms with E-state index in [0.717, 1.165) is 12.1 Å². The Hall–Kier alpha value is -3.40. The second kappa shape index (κ2) is 9.57. The Balaban J connectivity index is 1.68. The smallest absolute Gasteiger partial charge is 0.422 e. The van der Waals surface area contributed by atoms with E-state index in [1.54, 1.807) is 0 Å². The first-order valence-electron chi connectivity index (χ1n) is 10.4. The van der Waals surface area contributed by atoms with E-state index >= 15 is 0 Å². The summed E-state index contributed by atoms with van der Waals surface area (Å²) in [4.78, 5) is 19.2. The number of ether oxygens (including phenoxy) is 1. The number of halogens is 5. The number of carboxylic acid groups (broad SMARTS) is 1. The largest absolute Gasteiger partial charge is 0.478 e. The van der Waals surface area contributed by atoms with Gasteiger partial charge in [0.05, 0.1) is 21.6 Å². The lowest BCUT2D eigenvalue weighted by molar-refractivity contribution is -0.274. The van der Waals surface area contributed by atoms with Gasteiger partial charge in [0.25, 0.3) is 0 Å². The van der Waals surface area contributed by atoms with Crippen molar-refractivity contribution in [1.82, 2.24) is 9.97 Å². The predicted molar refractivity (Wildman–Crippen MR) is 128 cm³/mol. The molecule has 1 aromatic heterocycles. The highest BCUT2D eigenvalue weighted by molar-refractivity contribution is 6.33. The van der Waals surface area contributed by atoms with Crippen molar-refractivity contribution < 1.29 is 32.9 Å². The monoisotopic (exact) mass is 536 g/mol. The van der Waals surface area contributed by atoms with Gasteiger partial charge < -0.3 is 14.9 Å². The van der Waals surface area contributed by atoms with Crippen molar-refractivity contribution in [2.45, 2.75) is 24.6 Å². The molecule has 2 N–H and O–H groups in total. The topological polar surface area (TPSA) is 92.5 Å². The minimum Gasteiger partial charge on any atom is -0.478 e. The number of hydrogen-bond acceptors (Lipinski definition) is 5. The molecule has 186 valence electrons. The van der Waals surface area contributed by atoms with Crippen molar-refractivity contribution in [1.29, 1.82) is 0 Å². The Morgan fingerprint density at radius 2 is 1.53 bits per heavy atom.